The molecule has 3 heterocycles. The van der Waals surface area contributed by atoms with E-state index >= 15 is 0 Å². The minimum Gasteiger partial charge on any atom is -0.462 e. The first-order valence-corrected chi connectivity index (χ1v) is 14.5. The average molecular weight is 618 g/mol. The molecule has 1 aliphatic rings. The second kappa shape index (κ2) is 12.0. The number of carbonyl (C=O) groups excluding carboxylic acids is 1. The van der Waals surface area contributed by atoms with Gasteiger partial charge in [-0.25, -0.2) is 9.55 Å². The second-order valence-electron chi connectivity index (χ2n) is 9.18. The summed E-state index contributed by atoms with van der Waals surface area (Å²) in [7, 11) is -2.60. The Bertz CT molecular complexity index is 1390. The van der Waals surface area contributed by atoms with Crippen LogP contribution in [-0.4, -0.2) is 72.9 Å². The number of aliphatic hydroxyl groups is 1. The highest BCUT2D eigenvalue weighted by Crippen LogP contribution is 2.50. The van der Waals surface area contributed by atoms with Gasteiger partial charge in [-0.2, -0.15) is 15.1 Å². The number of nitrogen functional groups attached to an aromatic ring is 1. The van der Waals surface area contributed by atoms with Crippen LogP contribution in [0.1, 0.15) is 27.0 Å². The molecule has 4 rings (SSSR count). The van der Waals surface area contributed by atoms with Gasteiger partial charge < -0.3 is 30.2 Å². The third kappa shape index (κ3) is 6.44. The van der Waals surface area contributed by atoms with Crippen molar-refractivity contribution in [2.45, 2.75) is 55.7 Å². The molecule has 3 aromatic rings. The molecular weight excluding hydrogens is 588 g/mol. The molecule has 0 spiro atoms. The lowest BCUT2D eigenvalue weighted by molar-refractivity contribution is -0.149. The summed E-state index contributed by atoms with van der Waals surface area (Å²) in [5.41, 5.74) is 6.45. The summed E-state index contributed by atoms with van der Waals surface area (Å²) in [5.74, 6) is -0.131. The number of benzene rings is 1. The third-order valence-electron chi connectivity index (χ3n) is 5.74. The Morgan fingerprint density at radius 2 is 1.98 bits per heavy atom. The molecule has 0 saturated carbocycles. The molecule has 40 heavy (non-hydrogen) atoms. The van der Waals surface area contributed by atoms with Gasteiger partial charge in [-0.15, -0.1) is 0 Å². The van der Waals surface area contributed by atoms with Crippen LogP contribution in [0.5, 0.6) is 5.75 Å². The van der Waals surface area contributed by atoms with Crippen molar-refractivity contribution < 1.29 is 33.0 Å². The smallest absolute Gasteiger partial charge is 0.459 e. The van der Waals surface area contributed by atoms with Crippen molar-refractivity contribution in [1.82, 2.24) is 24.6 Å². The number of hydrogen-bond acceptors (Lipinski definition) is 12. The number of ether oxygens (including phenoxy) is 2. The van der Waals surface area contributed by atoms with Crippen LogP contribution >= 0.6 is 30.9 Å². The Balaban J connectivity index is 1.56. The van der Waals surface area contributed by atoms with E-state index in [1.807, 2.05) is 0 Å². The van der Waals surface area contributed by atoms with Gasteiger partial charge in [-0.1, -0.05) is 41.4 Å². The zero-order valence-electron chi connectivity index (χ0n) is 22.0. The zero-order valence-corrected chi connectivity index (χ0v) is 24.4. The maximum Gasteiger partial charge on any atom is 0.459 e. The SMILES string of the molecule is CNc1nc(N)nc2c1ncn2[C@@H]1O[C@H](COP(=O)(N[C@@H](C)C(=O)OC(C)C)Oc2ccccc2)[C@@H](O)C1(Cl)Cl. The number of imidazole rings is 1. The van der Waals surface area contributed by atoms with Crippen LogP contribution < -0.4 is 20.7 Å². The molecule has 218 valence electrons. The molecule has 1 saturated heterocycles. The molecule has 17 heteroatoms. The topological polar surface area (TPSA) is 185 Å². The van der Waals surface area contributed by atoms with Crippen molar-refractivity contribution in [3.63, 3.8) is 0 Å². The van der Waals surface area contributed by atoms with Crippen molar-refractivity contribution in [3.05, 3.63) is 36.7 Å². The summed E-state index contributed by atoms with van der Waals surface area (Å²) in [6.07, 6.45) is -2.93. The van der Waals surface area contributed by atoms with Gasteiger partial charge in [-0.3, -0.25) is 13.9 Å². The van der Waals surface area contributed by atoms with Gasteiger partial charge in [0.15, 0.2) is 27.5 Å². The van der Waals surface area contributed by atoms with E-state index in [1.165, 1.54) is 17.8 Å². The van der Waals surface area contributed by atoms with E-state index in [4.69, 9.17) is 47.5 Å². The molecule has 1 aromatic carbocycles. The van der Waals surface area contributed by atoms with Gasteiger partial charge in [0.05, 0.1) is 19.0 Å². The number of rotatable bonds is 11. The molecule has 5 N–H and O–H groups in total. The number of aliphatic hydroxyl groups excluding tert-OH is 1. The van der Waals surface area contributed by atoms with Crippen molar-refractivity contribution in [2.24, 2.45) is 0 Å². The molecule has 0 amide bonds. The molecule has 0 aliphatic carbocycles. The number of nitrogens with two attached hydrogens (primary N) is 1. The average Bonchev–Trinajstić information content (AvgIpc) is 3.40. The van der Waals surface area contributed by atoms with Gasteiger partial charge in [0.2, 0.25) is 5.95 Å². The Labute approximate surface area is 240 Å². The number of fused-ring (bicyclic) bond motifs is 1. The molecule has 14 nitrogen and oxygen atoms in total. The molecule has 1 aliphatic heterocycles. The molecule has 2 aromatic heterocycles. The summed E-state index contributed by atoms with van der Waals surface area (Å²) in [5, 5.41) is 16.4. The van der Waals surface area contributed by atoms with Crippen LogP contribution in [0.15, 0.2) is 36.7 Å². The normalized spacial score (nSPS) is 22.6. The number of anilines is 2. The molecule has 0 bridgehead atoms. The highest BCUT2D eigenvalue weighted by atomic mass is 35.5. The first-order chi connectivity index (χ1) is 18.8. The number of para-hydroxylation sites is 1. The van der Waals surface area contributed by atoms with E-state index in [-0.39, 0.29) is 17.3 Å². The fraction of sp³-hybridized carbons (Fsp3) is 0.478. The number of halogens is 2. The lowest BCUT2D eigenvalue weighted by atomic mass is 10.2. The largest absolute Gasteiger partial charge is 0.462 e. The number of aromatic nitrogens is 4. The third-order valence-corrected chi connectivity index (χ3v) is 8.21. The van der Waals surface area contributed by atoms with Crippen LogP contribution in [0.2, 0.25) is 0 Å². The lowest BCUT2D eigenvalue weighted by Crippen LogP contribution is -2.39. The predicted molar refractivity (Wildman–Crippen MR) is 148 cm³/mol. The molecule has 1 fully saturated rings. The van der Waals surface area contributed by atoms with Gasteiger partial charge in [-0.05, 0) is 32.9 Å². The Kier molecular flexibility index (Phi) is 9.10. The fourth-order valence-corrected chi connectivity index (χ4v) is 5.99. The number of nitrogens with zero attached hydrogens (tertiary/aromatic N) is 4. The van der Waals surface area contributed by atoms with E-state index in [0.29, 0.717) is 11.3 Å². The first-order valence-electron chi connectivity index (χ1n) is 12.2. The summed E-state index contributed by atoms with van der Waals surface area (Å²) in [4.78, 5) is 25.0. The number of esters is 1. The monoisotopic (exact) mass is 617 g/mol. The molecule has 1 unspecified atom stereocenters. The number of alkyl halides is 2. The van der Waals surface area contributed by atoms with Gasteiger partial charge in [0, 0.05) is 7.05 Å². The molecular formula is C23H30Cl2N7O7P. The van der Waals surface area contributed by atoms with Crippen LogP contribution in [0.3, 0.4) is 0 Å². The van der Waals surface area contributed by atoms with E-state index < -0.39 is 55.2 Å². The van der Waals surface area contributed by atoms with Crippen molar-refractivity contribution in [1.29, 1.82) is 0 Å². The quantitative estimate of drug-likeness (QED) is 0.140. The van der Waals surface area contributed by atoms with Gasteiger partial charge in [0.25, 0.3) is 0 Å². The van der Waals surface area contributed by atoms with Crippen LogP contribution in [0, 0.1) is 0 Å². The second-order valence-corrected chi connectivity index (χ2v) is 12.3. The Morgan fingerprint density at radius 3 is 2.62 bits per heavy atom. The maximum absolute atomic E-state index is 13.8. The molecule has 5 atom stereocenters. The summed E-state index contributed by atoms with van der Waals surface area (Å²) < 4.78 is 35.7. The summed E-state index contributed by atoms with van der Waals surface area (Å²) in [6, 6.07) is 7.14. The van der Waals surface area contributed by atoms with Crippen molar-refractivity contribution in [3.8, 4) is 5.75 Å². The van der Waals surface area contributed by atoms with E-state index in [9.17, 15) is 14.5 Å². The fourth-order valence-electron chi connectivity index (χ4n) is 3.89. The van der Waals surface area contributed by atoms with Gasteiger partial charge >= 0.3 is 13.7 Å². The highest BCUT2D eigenvalue weighted by Gasteiger charge is 2.56. The maximum atomic E-state index is 13.8. The number of hydrogen-bond donors (Lipinski definition) is 4. The van der Waals surface area contributed by atoms with Crippen LogP contribution in [0.25, 0.3) is 11.2 Å². The zero-order chi connectivity index (χ0) is 29.2. The molecule has 0 radical (unpaired) electrons. The van der Waals surface area contributed by atoms with E-state index in [1.54, 1.807) is 51.2 Å². The van der Waals surface area contributed by atoms with Crippen molar-refractivity contribution >= 4 is 59.8 Å². The highest BCUT2D eigenvalue weighted by molar-refractivity contribution is 7.52. The Hall–Kier alpha value is -2.71. The number of nitrogens with one attached hydrogen (secondary N) is 2. The number of carbonyl (C=O) groups is 1. The first kappa shape index (κ1) is 30.3. The van der Waals surface area contributed by atoms with E-state index in [0.717, 1.165) is 0 Å². The lowest BCUT2D eigenvalue weighted by Gasteiger charge is -2.25. The summed E-state index contributed by atoms with van der Waals surface area (Å²) >= 11 is 13.1. The predicted octanol–water partition coefficient (Wildman–Crippen LogP) is 3.02. The van der Waals surface area contributed by atoms with Gasteiger partial charge in [0.1, 0.15) is 24.0 Å². The van der Waals surface area contributed by atoms with Crippen molar-refractivity contribution in [2.75, 3.05) is 24.7 Å². The standard InChI is InChI=1S/C23H30Cl2N7O7P/c1-12(2)37-20(34)13(3)31-40(35,39-14-8-6-5-7-9-14)36-10-15-17(33)23(24,25)21(38-15)32-11-28-16-18(27-4)29-22(26)30-19(16)32/h5-9,11-13,15,17,21,33H,10H2,1-4H3,(H,31,35)(H3,26,27,29,30)/t13-,15+,17+,21+,40?/m0/s1. The van der Waals surface area contributed by atoms with Crippen LogP contribution in [0.4, 0.5) is 11.8 Å². The van der Waals surface area contributed by atoms with Crippen LogP contribution in [-0.2, 0) is 23.4 Å². The van der Waals surface area contributed by atoms with E-state index in [2.05, 4.69) is 25.4 Å². The summed E-state index contributed by atoms with van der Waals surface area (Å²) in [6.45, 7) is 4.33. The minimum atomic E-state index is -4.24. The Morgan fingerprint density at radius 1 is 1.27 bits per heavy atom. The minimum absolute atomic E-state index is 0.0399.